The number of aromatic hydroxyl groups is 1. The van der Waals surface area contributed by atoms with Crippen LogP contribution in [0, 0.1) is 0 Å². The van der Waals surface area contributed by atoms with E-state index in [-0.39, 0.29) is 11.9 Å². The molecule has 4 aromatic rings. The van der Waals surface area contributed by atoms with Crippen molar-refractivity contribution in [3.8, 4) is 5.88 Å². The Hall–Kier alpha value is -2.70. The summed E-state index contributed by atoms with van der Waals surface area (Å²) in [4.78, 5) is 8.67. The summed E-state index contributed by atoms with van der Waals surface area (Å²) in [6, 6.07) is 19.0. The third-order valence-electron chi connectivity index (χ3n) is 5.45. The monoisotopic (exact) mass is 390 g/mol. The highest BCUT2D eigenvalue weighted by atomic mass is 32.1. The van der Waals surface area contributed by atoms with Crippen molar-refractivity contribution in [1.29, 1.82) is 0 Å². The number of rotatable bonds is 4. The van der Waals surface area contributed by atoms with Crippen molar-refractivity contribution < 1.29 is 5.11 Å². The second kappa shape index (κ2) is 7.04. The Bertz CT molecular complexity index is 1120. The highest BCUT2D eigenvalue weighted by molar-refractivity contribution is 7.17. The smallest absolute Gasteiger partial charge is 0.230 e. The molecule has 0 spiro atoms. The van der Waals surface area contributed by atoms with E-state index in [1.165, 1.54) is 28.0 Å². The van der Waals surface area contributed by atoms with Crippen LogP contribution in [0.1, 0.15) is 40.4 Å². The average Bonchev–Trinajstić information content (AvgIpc) is 3.28. The molecule has 1 N–H and O–H groups in total. The maximum atomic E-state index is 11.0. The number of nitrogens with zero attached hydrogens (tertiary/aromatic N) is 4. The highest BCUT2D eigenvalue weighted by Gasteiger charge is 2.31. The molecule has 1 aliphatic heterocycles. The molecule has 0 saturated heterocycles. The summed E-state index contributed by atoms with van der Waals surface area (Å²) in [7, 11) is 0. The van der Waals surface area contributed by atoms with Crippen molar-refractivity contribution in [3.63, 3.8) is 0 Å². The predicted octanol–water partition coefficient (Wildman–Crippen LogP) is 4.21. The van der Waals surface area contributed by atoms with Crippen molar-refractivity contribution in [2.75, 3.05) is 6.54 Å². The predicted molar refractivity (Wildman–Crippen MR) is 111 cm³/mol. The molecule has 0 radical (unpaired) electrons. The molecular weight excluding hydrogens is 368 g/mol. The highest BCUT2D eigenvalue weighted by Crippen LogP contribution is 2.41. The van der Waals surface area contributed by atoms with Gasteiger partial charge in [0.1, 0.15) is 0 Å². The Balaban J connectivity index is 1.60. The maximum absolute atomic E-state index is 11.0. The molecule has 5 nitrogen and oxygen atoms in total. The van der Waals surface area contributed by atoms with Gasteiger partial charge in [0.15, 0.2) is 5.82 Å². The van der Waals surface area contributed by atoms with Crippen LogP contribution < -0.4 is 0 Å². The van der Waals surface area contributed by atoms with Crippen molar-refractivity contribution in [3.05, 3.63) is 82.0 Å². The summed E-state index contributed by atoms with van der Waals surface area (Å²) in [5.74, 6) is 0.969. The van der Waals surface area contributed by atoms with Crippen LogP contribution in [0.25, 0.3) is 4.96 Å². The van der Waals surface area contributed by atoms with Gasteiger partial charge in [-0.3, -0.25) is 4.90 Å². The summed E-state index contributed by atoms with van der Waals surface area (Å²) in [6.45, 7) is 3.84. The van der Waals surface area contributed by atoms with Gasteiger partial charge in [0.25, 0.3) is 0 Å². The topological polar surface area (TPSA) is 53.7 Å². The largest absolute Gasteiger partial charge is 0.492 e. The Morgan fingerprint density at radius 2 is 1.82 bits per heavy atom. The van der Waals surface area contributed by atoms with Gasteiger partial charge in [-0.15, -0.1) is 5.10 Å². The number of hydrogen-bond donors (Lipinski definition) is 1. The summed E-state index contributed by atoms with van der Waals surface area (Å²) in [6.07, 6.45) is 1.77. The van der Waals surface area contributed by atoms with Crippen molar-refractivity contribution in [1.82, 2.24) is 19.5 Å². The van der Waals surface area contributed by atoms with E-state index in [1.807, 2.05) is 13.0 Å². The summed E-state index contributed by atoms with van der Waals surface area (Å²) >= 11 is 1.54. The zero-order chi connectivity index (χ0) is 19.1. The molecule has 5 rings (SSSR count). The lowest BCUT2D eigenvalue weighted by molar-refractivity contribution is 0.205. The fourth-order valence-electron chi connectivity index (χ4n) is 4.02. The minimum Gasteiger partial charge on any atom is -0.492 e. The first-order valence-electron chi connectivity index (χ1n) is 9.67. The van der Waals surface area contributed by atoms with E-state index in [2.05, 4.69) is 63.5 Å². The molecule has 0 saturated carbocycles. The number of aryl methyl sites for hydroxylation is 1. The van der Waals surface area contributed by atoms with Crippen LogP contribution in [-0.2, 0) is 19.4 Å². The van der Waals surface area contributed by atoms with Crippen LogP contribution in [-0.4, -0.2) is 31.1 Å². The van der Waals surface area contributed by atoms with Crippen molar-refractivity contribution in [2.24, 2.45) is 0 Å². The van der Waals surface area contributed by atoms with Gasteiger partial charge in [0.05, 0.1) is 10.9 Å². The molecule has 0 aliphatic carbocycles. The second-order valence-electron chi connectivity index (χ2n) is 7.17. The number of thiazole rings is 1. The first kappa shape index (κ1) is 17.4. The van der Waals surface area contributed by atoms with E-state index in [9.17, 15) is 5.11 Å². The summed E-state index contributed by atoms with van der Waals surface area (Å²) in [5, 5.41) is 15.5. The lowest BCUT2D eigenvalue weighted by Crippen LogP contribution is -2.34. The first-order valence-corrected chi connectivity index (χ1v) is 10.5. The number of benzene rings is 2. The normalized spacial score (nSPS) is 15.6. The van der Waals surface area contributed by atoms with Crippen LogP contribution in [0.2, 0.25) is 0 Å². The fourth-order valence-corrected chi connectivity index (χ4v) is 5.16. The Kier molecular flexibility index (Phi) is 4.37. The maximum Gasteiger partial charge on any atom is 0.230 e. The van der Waals surface area contributed by atoms with Gasteiger partial charge >= 0.3 is 0 Å². The zero-order valence-corrected chi connectivity index (χ0v) is 16.6. The lowest BCUT2D eigenvalue weighted by Gasteiger charge is -2.35. The fraction of sp³-hybridized carbons (Fsp3) is 0.273. The molecule has 0 amide bonds. The Morgan fingerprint density at radius 3 is 2.57 bits per heavy atom. The molecule has 1 aliphatic rings. The Labute approximate surface area is 167 Å². The molecule has 1 unspecified atom stereocenters. The molecule has 6 heteroatoms. The van der Waals surface area contributed by atoms with E-state index >= 15 is 0 Å². The molecule has 0 bridgehead atoms. The molecule has 1 atom stereocenters. The van der Waals surface area contributed by atoms with Crippen LogP contribution in [0.3, 0.4) is 0 Å². The van der Waals surface area contributed by atoms with E-state index in [0.29, 0.717) is 0 Å². The SMILES string of the molecule is CCc1nc2sc(C(c3ccccc3)N3CCc4ccccc4C3)c(O)n2n1. The van der Waals surface area contributed by atoms with Crippen molar-refractivity contribution in [2.45, 2.75) is 32.4 Å². The molecule has 2 aromatic carbocycles. The van der Waals surface area contributed by atoms with Gasteiger partial charge < -0.3 is 5.11 Å². The standard InChI is InChI=1S/C22H22N4OS/c1-2-18-23-22-26(24-18)21(27)20(28-22)19(16-9-4-3-5-10-16)25-13-12-15-8-6-7-11-17(15)14-25/h3-11,19,27H,2,12-14H2,1H3. The lowest BCUT2D eigenvalue weighted by atomic mass is 9.96. The summed E-state index contributed by atoms with van der Waals surface area (Å²) < 4.78 is 1.59. The molecule has 0 fully saturated rings. The zero-order valence-electron chi connectivity index (χ0n) is 15.7. The van der Waals surface area contributed by atoms with E-state index < -0.39 is 0 Å². The second-order valence-corrected chi connectivity index (χ2v) is 8.18. The number of fused-ring (bicyclic) bond motifs is 2. The Morgan fingerprint density at radius 1 is 1.07 bits per heavy atom. The van der Waals surface area contributed by atoms with Gasteiger partial charge in [-0.1, -0.05) is 72.9 Å². The van der Waals surface area contributed by atoms with Crippen LogP contribution >= 0.6 is 11.3 Å². The van der Waals surface area contributed by atoms with Gasteiger partial charge in [0, 0.05) is 19.5 Å². The quantitative estimate of drug-likeness (QED) is 0.567. The van der Waals surface area contributed by atoms with E-state index in [1.54, 1.807) is 4.52 Å². The van der Waals surface area contributed by atoms with Gasteiger partial charge in [-0.05, 0) is 23.1 Å². The van der Waals surface area contributed by atoms with Crippen LogP contribution in [0.4, 0.5) is 0 Å². The van der Waals surface area contributed by atoms with Gasteiger partial charge in [0.2, 0.25) is 10.8 Å². The third kappa shape index (κ3) is 2.89. The molecular formula is C22H22N4OS. The summed E-state index contributed by atoms with van der Waals surface area (Å²) in [5.41, 5.74) is 3.96. The minimum absolute atomic E-state index is 0.0202. The molecule has 28 heavy (non-hydrogen) atoms. The minimum atomic E-state index is -0.0202. The van der Waals surface area contributed by atoms with Crippen LogP contribution in [0.5, 0.6) is 5.88 Å². The van der Waals surface area contributed by atoms with E-state index in [4.69, 9.17) is 0 Å². The van der Waals surface area contributed by atoms with Crippen LogP contribution in [0.15, 0.2) is 54.6 Å². The molecule has 142 valence electrons. The van der Waals surface area contributed by atoms with Gasteiger partial charge in [-0.2, -0.15) is 4.52 Å². The number of aromatic nitrogens is 3. The molecule has 2 aromatic heterocycles. The average molecular weight is 391 g/mol. The van der Waals surface area contributed by atoms with Gasteiger partial charge in [-0.25, -0.2) is 4.98 Å². The molecule has 3 heterocycles. The third-order valence-corrected chi connectivity index (χ3v) is 6.52. The van der Waals surface area contributed by atoms with E-state index in [0.717, 1.165) is 41.6 Å². The van der Waals surface area contributed by atoms with Crippen molar-refractivity contribution >= 4 is 16.3 Å². The first-order chi connectivity index (χ1) is 13.7. The number of hydrogen-bond acceptors (Lipinski definition) is 5.